The molecule has 0 heterocycles. The first-order valence-electron chi connectivity index (χ1n) is 5.50. The minimum atomic E-state index is -4.43. The summed E-state index contributed by atoms with van der Waals surface area (Å²) >= 11 is 0. The molecular weight excluding hydrogens is 237 g/mol. The average molecular weight is 256 g/mol. The highest BCUT2D eigenvalue weighted by Crippen LogP contribution is 2.42. The molecule has 0 fully saturated rings. The molecule has 0 aliphatic rings. The Balaban J connectivity index is 4.78. The standard InChI is InChI=1S/C11H19F3O3/c1-5-16-8(7-9(15)17-6-2)10(3,4)11(12,13)14/h8H,5-7H2,1-4H3. The number of carbonyl (C=O) groups excluding carboxylic acids is 1. The molecule has 0 saturated heterocycles. The van der Waals surface area contributed by atoms with Gasteiger partial charge < -0.3 is 9.47 Å². The van der Waals surface area contributed by atoms with Gasteiger partial charge in [0.1, 0.15) is 0 Å². The predicted octanol–water partition coefficient (Wildman–Crippen LogP) is 2.93. The molecule has 1 atom stereocenters. The van der Waals surface area contributed by atoms with Crippen LogP contribution in [0.3, 0.4) is 0 Å². The largest absolute Gasteiger partial charge is 0.466 e. The van der Waals surface area contributed by atoms with Gasteiger partial charge in [0.15, 0.2) is 0 Å². The van der Waals surface area contributed by atoms with Gasteiger partial charge in [-0.3, -0.25) is 4.79 Å². The van der Waals surface area contributed by atoms with Crippen molar-refractivity contribution in [3.05, 3.63) is 0 Å². The van der Waals surface area contributed by atoms with Gasteiger partial charge in [-0.15, -0.1) is 0 Å². The molecule has 0 aromatic rings. The second kappa shape index (κ2) is 6.23. The summed E-state index contributed by atoms with van der Waals surface area (Å²) in [6, 6.07) is 0. The first-order chi connectivity index (χ1) is 7.66. The van der Waals surface area contributed by atoms with Crippen molar-refractivity contribution in [1.29, 1.82) is 0 Å². The molecule has 102 valence electrons. The lowest BCUT2D eigenvalue weighted by molar-refractivity contribution is -0.249. The molecular formula is C11H19F3O3. The van der Waals surface area contributed by atoms with Crippen LogP contribution < -0.4 is 0 Å². The topological polar surface area (TPSA) is 35.5 Å². The quantitative estimate of drug-likeness (QED) is 0.685. The van der Waals surface area contributed by atoms with E-state index < -0.39 is 30.1 Å². The molecule has 0 aliphatic heterocycles. The SMILES string of the molecule is CCOC(=O)CC(OCC)C(C)(C)C(F)(F)F. The molecule has 0 aromatic carbocycles. The lowest BCUT2D eigenvalue weighted by Crippen LogP contribution is -2.45. The Morgan fingerprint density at radius 3 is 2.06 bits per heavy atom. The highest BCUT2D eigenvalue weighted by molar-refractivity contribution is 5.70. The van der Waals surface area contributed by atoms with Crippen molar-refractivity contribution < 1.29 is 27.4 Å². The van der Waals surface area contributed by atoms with Gasteiger partial charge in [-0.05, 0) is 27.7 Å². The van der Waals surface area contributed by atoms with Gasteiger partial charge in [0.2, 0.25) is 0 Å². The third-order valence-corrected chi connectivity index (χ3v) is 2.56. The highest BCUT2D eigenvalue weighted by atomic mass is 19.4. The molecule has 0 amide bonds. The van der Waals surface area contributed by atoms with Crippen LogP contribution in [0.25, 0.3) is 0 Å². The number of rotatable bonds is 6. The van der Waals surface area contributed by atoms with Gasteiger partial charge in [0, 0.05) is 6.61 Å². The average Bonchev–Trinajstić information content (AvgIpc) is 2.15. The van der Waals surface area contributed by atoms with Crippen LogP contribution in [0, 0.1) is 5.41 Å². The van der Waals surface area contributed by atoms with Crippen molar-refractivity contribution in [1.82, 2.24) is 0 Å². The number of carbonyl (C=O) groups is 1. The fourth-order valence-electron chi connectivity index (χ4n) is 1.28. The zero-order chi connectivity index (χ0) is 13.7. The van der Waals surface area contributed by atoms with E-state index in [4.69, 9.17) is 4.74 Å². The number of esters is 1. The molecule has 1 unspecified atom stereocenters. The first kappa shape index (κ1) is 16.2. The van der Waals surface area contributed by atoms with Crippen molar-refractivity contribution in [3.8, 4) is 0 Å². The zero-order valence-electron chi connectivity index (χ0n) is 10.6. The van der Waals surface area contributed by atoms with Crippen molar-refractivity contribution in [3.63, 3.8) is 0 Å². The van der Waals surface area contributed by atoms with Gasteiger partial charge in [0.25, 0.3) is 0 Å². The number of alkyl halides is 3. The van der Waals surface area contributed by atoms with Gasteiger partial charge >= 0.3 is 12.1 Å². The van der Waals surface area contributed by atoms with E-state index >= 15 is 0 Å². The molecule has 0 radical (unpaired) electrons. The fraction of sp³-hybridized carbons (Fsp3) is 0.909. The van der Waals surface area contributed by atoms with Crippen molar-refractivity contribution in [2.24, 2.45) is 5.41 Å². The lowest BCUT2D eigenvalue weighted by atomic mass is 9.84. The van der Waals surface area contributed by atoms with E-state index in [1.165, 1.54) is 0 Å². The number of hydrogen-bond donors (Lipinski definition) is 0. The summed E-state index contributed by atoms with van der Waals surface area (Å²) in [5, 5.41) is 0. The van der Waals surface area contributed by atoms with Crippen LogP contribution in [0.5, 0.6) is 0 Å². The second-order valence-electron chi connectivity index (χ2n) is 4.17. The fourth-order valence-corrected chi connectivity index (χ4v) is 1.28. The third-order valence-electron chi connectivity index (χ3n) is 2.56. The van der Waals surface area contributed by atoms with Crippen LogP contribution in [0.1, 0.15) is 34.1 Å². The molecule has 0 saturated carbocycles. The van der Waals surface area contributed by atoms with Gasteiger partial charge in [-0.2, -0.15) is 13.2 Å². The van der Waals surface area contributed by atoms with Crippen LogP contribution in [0.4, 0.5) is 13.2 Å². The Hall–Kier alpha value is -0.780. The van der Waals surface area contributed by atoms with Crippen LogP contribution in [-0.4, -0.2) is 31.5 Å². The number of hydrogen-bond acceptors (Lipinski definition) is 3. The lowest BCUT2D eigenvalue weighted by Gasteiger charge is -2.35. The molecule has 0 rings (SSSR count). The predicted molar refractivity (Wildman–Crippen MR) is 56.5 cm³/mol. The Morgan fingerprint density at radius 1 is 1.18 bits per heavy atom. The van der Waals surface area contributed by atoms with Crippen molar-refractivity contribution >= 4 is 5.97 Å². The maximum Gasteiger partial charge on any atom is 0.396 e. The van der Waals surface area contributed by atoms with E-state index in [2.05, 4.69) is 4.74 Å². The molecule has 0 N–H and O–H groups in total. The van der Waals surface area contributed by atoms with Crippen molar-refractivity contribution in [2.75, 3.05) is 13.2 Å². The normalized spacial score (nSPS) is 14.5. The summed E-state index contributed by atoms with van der Waals surface area (Å²) in [7, 11) is 0. The van der Waals surface area contributed by atoms with Crippen LogP contribution in [-0.2, 0) is 14.3 Å². The first-order valence-corrected chi connectivity index (χ1v) is 5.50. The summed E-state index contributed by atoms with van der Waals surface area (Å²) in [4.78, 5) is 11.2. The summed E-state index contributed by atoms with van der Waals surface area (Å²) in [5.74, 6) is -0.678. The summed E-state index contributed by atoms with van der Waals surface area (Å²) in [6.07, 6.45) is -6.06. The van der Waals surface area contributed by atoms with Gasteiger partial charge in [0.05, 0.1) is 24.5 Å². The maximum absolute atomic E-state index is 12.8. The molecule has 0 bridgehead atoms. The molecule has 3 nitrogen and oxygen atoms in total. The maximum atomic E-state index is 12.8. The van der Waals surface area contributed by atoms with Crippen molar-refractivity contribution in [2.45, 2.75) is 46.4 Å². The zero-order valence-corrected chi connectivity index (χ0v) is 10.6. The molecule has 17 heavy (non-hydrogen) atoms. The molecule has 0 aliphatic carbocycles. The third kappa shape index (κ3) is 4.53. The van der Waals surface area contributed by atoms with Gasteiger partial charge in [-0.25, -0.2) is 0 Å². The second-order valence-corrected chi connectivity index (χ2v) is 4.17. The van der Waals surface area contributed by atoms with Crippen LogP contribution in [0.2, 0.25) is 0 Å². The van der Waals surface area contributed by atoms with Gasteiger partial charge in [-0.1, -0.05) is 0 Å². The number of halogens is 3. The molecule has 0 spiro atoms. The van der Waals surface area contributed by atoms with Crippen LogP contribution >= 0.6 is 0 Å². The molecule has 6 heteroatoms. The highest BCUT2D eigenvalue weighted by Gasteiger charge is 2.53. The summed E-state index contributed by atoms with van der Waals surface area (Å²) < 4.78 is 48.1. The van der Waals surface area contributed by atoms with E-state index in [9.17, 15) is 18.0 Å². The van der Waals surface area contributed by atoms with E-state index in [0.29, 0.717) is 0 Å². The summed E-state index contributed by atoms with van der Waals surface area (Å²) in [5.41, 5.74) is -2.09. The molecule has 0 aromatic heterocycles. The monoisotopic (exact) mass is 256 g/mol. The Bertz CT molecular complexity index is 249. The van der Waals surface area contributed by atoms with E-state index in [1.807, 2.05) is 0 Å². The minimum absolute atomic E-state index is 0.115. The summed E-state index contributed by atoms with van der Waals surface area (Å²) in [6.45, 7) is 5.49. The minimum Gasteiger partial charge on any atom is -0.466 e. The Morgan fingerprint density at radius 2 is 1.71 bits per heavy atom. The number of ether oxygens (including phenoxy) is 2. The van der Waals surface area contributed by atoms with E-state index in [-0.39, 0.29) is 13.2 Å². The van der Waals surface area contributed by atoms with E-state index in [0.717, 1.165) is 13.8 Å². The Labute approximate surface area is 99.3 Å². The van der Waals surface area contributed by atoms with Crippen LogP contribution in [0.15, 0.2) is 0 Å². The Kier molecular flexibility index (Phi) is 5.95. The van der Waals surface area contributed by atoms with E-state index in [1.54, 1.807) is 13.8 Å². The smallest absolute Gasteiger partial charge is 0.396 e.